The Labute approximate surface area is 151 Å². The predicted molar refractivity (Wildman–Crippen MR) is 95.9 cm³/mol. The molecule has 1 N–H and O–H groups in total. The van der Waals surface area contributed by atoms with Crippen LogP contribution in [0.25, 0.3) is 0 Å². The maximum Gasteiger partial charge on any atom is 0.339 e. The van der Waals surface area contributed by atoms with Gasteiger partial charge in [-0.15, -0.1) is 0 Å². The summed E-state index contributed by atoms with van der Waals surface area (Å²) in [7, 11) is 0. The van der Waals surface area contributed by atoms with Gasteiger partial charge in [0.1, 0.15) is 0 Å². The number of rotatable bonds is 5. The van der Waals surface area contributed by atoms with Crippen LogP contribution in [0.3, 0.4) is 0 Å². The van der Waals surface area contributed by atoms with Crippen molar-refractivity contribution < 1.29 is 19.2 Å². The second-order valence-corrected chi connectivity index (χ2v) is 6.08. The molecule has 7 nitrogen and oxygen atoms in total. The number of nitro benzene ring substituents is 1. The number of anilines is 1. The highest BCUT2D eigenvalue weighted by molar-refractivity contribution is 14.1. The van der Waals surface area contributed by atoms with Gasteiger partial charge in [-0.25, -0.2) is 4.79 Å². The van der Waals surface area contributed by atoms with Crippen molar-refractivity contribution in [3.05, 3.63) is 67.3 Å². The fourth-order valence-electron chi connectivity index (χ4n) is 1.98. The zero-order valence-electron chi connectivity index (χ0n) is 12.6. The largest absolute Gasteiger partial charge is 0.452 e. The summed E-state index contributed by atoms with van der Waals surface area (Å²) in [6, 6.07) is 11.2. The molecule has 0 saturated heterocycles. The van der Waals surface area contributed by atoms with Crippen LogP contribution in [0.1, 0.15) is 15.9 Å². The van der Waals surface area contributed by atoms with Gasteiger partial charge in [-0.05, 0) is 59.8 Å². The van der Waals surface area contributed by atoms with E-state index < -0.39 is 23.4 Å². The maximum atomic E-state index is 12.0. The van der Waals surface area contributed by atoms with E-state index in [0.717, 1.165) is 3.57 Å². The maximum absolute atomic E-state index is 12.0. The Morgan fingerprint density at radius 1 is 1.21 bits per heavy atom. The molecule has 0 saturated carbocycles. The molecule has 0 aliphatic heterocycles. The molecule has 0 heterocycles. The van der Waals surface area contributed by atoms with Gasteiger partial charge < -0.3 is 10.1 Å². The quantitative estimate of drug-likeness (QED) is 0.333. The lowest BCUT2D eigenvalue weighted by molar-refractivity contribution is -0.385. The summed E-state index contributed by atoms with van der Waals surface area (Å²) in [5.41, 5.74) is 0.674. The zero-order valence-corrected chi connectivity index (χ0v) is 14.8. The van der Waals surface area contributed by atoms with Crippen LogP contribution in [0.2, 0.25) is 0 Å². The van der Waals surface area contributed by atoms with E-state index in [1.165, 1.54) is 25.1 Å². The summed E-state index contributed by atoms with van der Waals surface area (Å²) in [6.07, 6.45) is 0. The average molecular weight is 440 g/mol. The van der Waals surface area contributed by atoms with Crippen LogP contribution < -0.4 is 5.32 Å². The van der Waals surface area contributed by atoms with Gasteiger partial charge >= 0.3 is 5.97 Å². The Kier molecular flexibility index (Phi) is 5.85. The molecule has 124 valence electrons. The van der Waals surface area contributed by atoms with Gasteiger partial charge in [-0.1, -0.05) is 6.07 Å². The zero-order chi connectivity index (χ0) is 17.7. The molecule has 0 aromatic heterocycles. The van der Waals surface area contributed by atoms with Crippen LogP contribution >= 0.6 is 22.6 Å². The van der Waals surface area contributed by atoms with Gasteiger partial charge in [0.15, 0.2) is 6.61 Å². The molecule has 0 aliphatic carbocycles. The van der Waals surface area contributed by atoms with E-state index in [1.807, 2.05) is 12.1 Å². The summed E-state index contributed by atoms with van der Waals surface area (Å²) in [4.78, 5) is 34.1. The molecule has 2 aromatic carbocycles. The fraction of sp³-hybridized carbons (Fsp3) is 0.125. The average Bonchev–Trinajstić information content (AvgIpc) is 2.54. The molecule has 0 unspecified atom stereocenters. The molecule has 0 aliphatic rings. The molecule has 0 radical (unpaired) electrons. The van der Waals surface area contributed by atoms with Crippen molar-refractivity contribution in [2.24, 2.45) is 0 Å². The predicted octanol–water partition coefficient (Wildman–Crippen LogP) is 3.30. The van der Waals surface area contributed by atoms with E-state index in [-0.39, 0.29) is 16.8 Å². The minimum absolute atomic E-state index is 0.0614. The van der Waals surface area contributed by atoms with Crippen molar-refractivity contribution in [2.45, 2.75) is 6.92 Å². The second-order valence-electron chi connectivity index (χ2n) is 4.84. The molecular weight excluding hydrogens is 427 g/mol. The molecule has 0 bridgehead atoms. The molecule has 8 heteroatoms. The SMILES string of the molecule is Cc1c(C(=O)OCC(=O)Nc2ccc(I)cc2)cccc1[N+](=O)[O-]. The van der Waals surface area contributed by atoms with Crippen molar-refractivity contribution in [1.29, 1.82) is 0 Å². The van der Waals surface area contributed by atoms with E-state index in [9.17, 15) is 19.7 Å². The number of esters is 1. The van der Waals surface area contributed by atoms with Gasteiger partial charge in [0.25, 0.3) is 11.6 Å². The van der Waals surface area contributed by atoms with Gasteiger partial charge in [0.2, 0.25) is 0 Å². The highest BCUT2D eigenvalue weighted by Gasteiger charge is 2.19. The Balaban J connectivity index is 1.98. The van der Waals surface area contributed by atoms with Crippen molar-refractivity contribution in [2.75, 3.05) is 11.9 Å². The third kappa shape index (κ3) is 4.51. The number of amides is 1. The molecule has 1 amide bonds. The van der Waals surface area contributed by atoms with Gasteiger partial charge in [-0.2, -0.15) is 0 Å². The normalized spacial score (nSPS) is 10.1. The highest BCUT2D eigenvalue weighted by atomic mass is 127. The van der Waals surface area contributed by atoms with Crippen molar-refractivity contribution >= 4 is 45.8 Å². The van der Waals surface area contributed by atoms with Crippen LogP contribution in [-0.4, -0.2) is 23.4 Å². The molecule has 24 heavy (non-hydrogen) atoms. The number of nitrogens with one attached hydrogen (secondary N) is 1. The number of hydrogen-bond donors (Lipinski definition) is 1. The Hall–Kier alpha value is -2.49. The first-order valence-electron chi connectivity index (χ1n) is 6.85. The smallest absolute Gasteiger partial charge is 0.339 e. The minimum atomic E-state index is -0.783. The summed E-state index contributed by atoms with van der Waals surface area (Å²) < 4.78 is 5.95. The van der Waals surface area contributed by atoms with Crippen LogP contribution in [0.4, 0.5) is 11.4 Å². The first-order valence-corrected chi connectivity index (χ1v) is 7.93. The van der Waals surface area contributed by atoms with Gasteiger partial charge in [0, 0.05) is 20.9 Å². The lowest BCUT2D eigenvalue weighted by atomic mass is 10.1. The van der Waals surface area contributed by atoms with Crippen molar-refractivity contribution in [3.8, 4) is 0 Å². The summed E-state index contributed by atoms with van der Waals surface area (Å²) >= 11 is 2.14. The summed E-state index contributed by atoms with van der Waals surface area (Å²) in [5.74, 6) is -1.28. The van der Waals surface area contributed by atoms with E-state index in [2.05, 4.69) is 27.9 Å². The standard InChI is InChI=1S/C16H13IN2O5/c1-10-13(3-2-4-14(10)19(22)23)16(21)24-9-15(20)18-12-7-5-11(17)6-8-12/h2-8H,9H2,1H3,(H,18,20). The number of nitro groups is 1. The van der Waals surface area contributed by atoms with Crippen molar-refractivity contribution in [3.63, 3.8) is 0 Å². The Morgan fingerprint density at radius 3 is 2.50 bits per heavy atom. The summed E-state index contributed by atoms with van der Waals surface area (Å²) in [5, 5.41) is 13.5. The summed E-state index contributed by atoms with van der Waals surface area (Å²) in [6.45, 7) is 0.980. The highest BCUT2D eigenvalue weighted by Crippen LogP contribution is 2.21. The number of benzene rings is 2. The number of ether oxygens (including phenoxy) is 1. The van der Waals surface area contributed by atoms with E-state index in [4.69, 9.17) is 4.74 Å². The lowest BCUT2D eigenvalue weighted by Crippen LogP contribution is -2.21. The number of halogens is 1. The first-order chi connectivity index (χ1) is 11.4. The van der Waals surface area contributed by atoms with Crippen LogP contribution in [0, 0.1) is 20.6 Å². The van der Waals surface area contributed by atoms with E-state index in [0.29, 0.717) is 5.69 Å². The number of hydrogen-bond acceptors (Lipinski definition) is 5. The topological polar surface area (TPSA) is 98.5 Å². The van der Waals surface area contributed by atoms with Gasteiger partial charge in [0.05, 0.1) is 10.5 Å². The minimum Gasteiger partial charge on any atom is -0.452 e. The third-order valence-electron chi connectivity index (χ3n) is 3.18. The second kappa shape index (κ2) is 7.86. The Morgan fingerprint density at radius 2 is 1.88 bits per heavy atom. The molecule has 2 aromatic rings. The third-order valence-corrected chi connectivity index (χ3v) is 3.90. The monoisotopic (exact) mass is 440 g/mol. The van der Waals surface area contributed by atoms with Crippen LogP contribution in [0.15, 0.2) is 42.5 Å². The van der Waals surface area contributed by atoms with E-state index >= 15 is 0 Å². The lowest BCUT2D eigenvalue weighted by Gasteiger charge is -2.08. The first kappa shape index (κ1) is 17.9. The Bertz CT molecular complexity index is 790. The van der Waals surface area contributed by atoms with E-state index in [1.54, 1.807) is 12.1 Å². The van der Waals surface area contributed by atoms with Gasteiger partial charge in [-0.3, -0.25) is 14.9 Å². The number of nitrogens with zero attached hydrogens (tertiary/aromatic N) is 1. The molecular formula is C16H13IN2O5. The number of carbonyl (C=O) groups excluding carboxylic acids is 2. The fourth-order valence-corrected chi connectivity index (χ4v) is 2.34. The molecule has 2 rings (SSSR count). The van der Waals surface area contributed by atoms with Crippen LogP contribution in [-0.2, 0) is 9.53 Å². The van der Waals surface area contributed by atoms with Crippen molar-refractivity contribution in [1.82, 2.24) is 0 Å². The molecule has 0 atom stereocenters. The van der Waals surface area contributed by atoms with Crippen LogP contribution in [0.5, 0.6) is 0 Å². The number of carbonyl (C=O) groups is 2. The molecule has 0 spiro atoms. The molecule has 0 fully saturated rings.